The summed E-state index contributed by atoms with van der Waals surface area (Å²) in [6, 6.07) is 43.1. The molecule has 10 heterocycles. The fourth-order valence-electron chi connectivity index (χ4n) is 9.28. The van der Waals surface area contributed by atoms with Gasteiger partial charge in [0.2, 0.25) is 5.71 Å². The van der Waals surface area contributed by atoms with Gasteiger partial charge in [0, 0.05) is 66.8 Å². The Hall–Kier alpha value is -7.50. The molecule has 5 aromatic heterocycles. The second kappa shape index (κ2) is 19.2. The zero-order valence-corrected chi connectivity index (χ0v) is 39.0. The predicted octanol–water partition coefficient (Wildman–Crippen LogP) is 14.6. The zero-order valence-electron chi connectivity index (χ0n) is 50.0. The van der Waals surface area contributed by atoms with Crippen molar-refractivity contribution in [1.82, 2.24) is 19.9 Å². The average Bonchev–Trinajstić information content (AvgIpc) is 4.04. The highest BCUT2D eigenvalue weighted by molar-refractivity contribution is 6.10. The smallest absolute Gasteiger partial charge is 0.227 e. The minimum atomic E-state index is -2.95. The summed E-state index contributed by atoms with van der Waals surface area (Å²) in [5.41, 5.74) is 11.4. The molecule has 5 aromatic carbocycles. The molecule has 0 saturated carbocycles. The normalized spacial score (nSPS) is 18.6. The number of rotatable bonds is 4. The van der Waals surface area contributed by atoms with Crippen molar-refractivity contribution in [3.8, 4) is 33.8 Å². The third-order valence-corrected chi connectivity index (χ3v) is 13.0. The van der Waals surface area contributed by atoms with Gasteiger partial charge in [0.25, 0.3) is 0 Å². The molecule has 0 radical (unpaired) electrons. The first-order chi connectivity index (χ1) is 38.0. The standard InChI is InChI=1S/C64H58N4O/c1-41-5-29-59(65-38-41)53-20-13-45(14-21-53)7-10-50-35-51-11-8-46-15-22-54(23-16-46)60-30-19-47(39-66-60)9-12-48-31-42(2)32-49(34-48)18-25-56-40-67-61(33-43(56)3)57-28-26-55(24-17-52(36-50)37-51)62-58-27-6-44(4)68-64(58)69-63(57)62/h5-6,13-16,19-23,26-40H,7-12,17-18,24-25H2,1-4H3/i3D3,17D2,18D2,24D2,25D2. The topological polar surface area (TPSA) is 64.7 Å². The quantitative estimate of drug-likeness (QED) is 0.176. The van der Waals surface area contributed by atoms with Gasteiger partial charge in [-0.3, -0.25) is 15.0 Å². The van der Waals surface area contributed by atoms with Crippen LogP contribution in [0.2, 0.25) is 0 Å². The molecule has 7 aliphatic rings. The van der Waals surface area contributed by atoms with E-state index in [1.807, 2.05) is 68.7 Å². The van der Waals surface area contributed by atoms with E-state index in [2.05, 4.69) is 57.4 Å². The lowest BCUT2D eigenvalue weighted by molar-refractivity contribution is 0.653. The zero-order chi connectivity index (χ0) is 56.5. The van der Waals surface area contributed by atoms with Crippen molar-refractivity contribution in [3.05, 3.63) is 236 Å². The van der Waals surface area contributed by atoms with Gasteiger partial charge >= 0.3 is 0 Å². The van der Waals surface area contributed by atoms with E-state index in [0.29, 0.717) is 55.2 Å². The summed E-state index contributed by atoms with van der Waals surface area (Å²) in [6.07, 6.45) is -2.80. The highest BCUT2D eigenvalue weighted by Crippen LogP contribution is 2.38. The first-order valence-electron chi connectivity index (χ1n) is 29.1. The molecule has 0 atom stereocenters. The third-order valence-electron chi connectivity index (χ3n) is 13.0. The molecule has 2 aliphatic carbocycles. The lowest BCUT2D eigenvalue weighted by atomic mass is 9.92. The van der Waals surface area contributed by atoms with E-state index in [-0.39, 0.29) is 44.6 Å². The number of aryl methyl sites for hydroxylation is 14. The van der Waals surface area contributed by atoms with E-state index in [9.17, 15) is 11.0 Å². The minimum absolute atomic E-state index is 0.0284. The van der Waals surface area contributed by atoms with Crippen LogP contribution < -0.4 is 0 Å². The van der Waals surface area contributed by atoms with E-state index in [1.54, 1.807) is 43.3 Å². The number of aromatic nitrogens is 4. The molecule has 0 fully saturated rings. The van der Waals surface area contributed by atoms with E-state index in [0.717, 1.165) is 67.7 Å². The van der Waals surface area contributed by atoms with Gasteiger partial charge in [-0.05, 0) is 195 Å². The van der Waals surface area contributed by atoms with Crippen LogP contribution in [-0.2, 0) is 64.0 Å². The van der Waals surface area contributed by atoms with Gasteiger partial charge < -0.3 is 4.42 Å². The number of hydrogen-bond donors (Lipinski definition) is 0. The van der Waals surface area contributed by atoms with Gasteiger partial charge in [0.05, 0.1) is 17.1 Å². The molecular formula is C64H58N4O. The van der Waals surface area contributed by atoms with E-state index >= 15 is 0 Å². The second-order valence-electron chi connectivity index (χ2n) is 18.3. The van der Waals surface area contributed by atoms with Gasteiger partial charge in [-0.15, -0.1) is 0 Å². The van der Waals surface area contributed by atoms with Crippen LogP contribution in [0.15, 0.2) is 163 Å². The highest BCUT2D eigenvalue weighted by atomic mass is 16.3. The molecule has 10 aromatic rings. The Morgan fingerprint density at radius 1 is 0.493 bits per heavy atom. The number of nitrogens with zero attached hydrogens (tertiary/aromatic N) is 4. The van der Waals surface area contributed by atoms with Crippen molar-refractivity contribution >= 4 is 22.1 Å². The molecule has 69 heavy (non-hydrogen) atoms. The first kappa shape index (κ1) is 33.1. The maximum Gasteiger partial charge on any atom is 0.227 e. The molecule has 0 amide bonds. The summed E-state index contributed by atoms with van der Waals surface area (Å²) in [5.74, 6) is 0. The molecule has 340 valence electrons. The Balaban J connectivity index is 1.05. The molecule has 5 nitrogen and oxygen atoms in total. The number of furan rings is 1. The number of benzene rings is 5. The molecule has 0 N–H and O–H groups in total. The molecule has 17 rings (SSSR count). The van der Waals surface area contributed by atoms with Crippen molar-refractivity contribution < 1.29 is 19.5 Å². The molecule has 12 bridgehead atoms. The number of fused-ring (bicyclic) bond motifs is 1. The van der Waals surface area contributed by atoms with Crippen LogP contribution in [0.1, 0.15) is 93.1 Å². The van der Waals surface area contributed by atoms with Crippen molar-refractivity contribution in [2.45, 2.75) is 91.6 Å². The van der Waals surface area contributed by atoms with Gasteiger partial charge in [-0.25, -0.2) is 4.98 Å². The Morgan fingerprint density at radius 2 is 1.13 bits per heavy atom. The van der Waals surface area contributed by atoms with Crippen LogP contribution in [0, 0.1) is 27.6 Å². The van der Waals surface area contributed by atoms with Crippen LogP contribution in [0.3, 0.4) is 0 Å². The minimum Gasteiger partial charge on any atom is -0.437 e. The Bertz CT molecular complexity index is 3970. The monoisotopic (exact) mass is 910 g/mol. The average molecular weight is 910 g/mol. The summed E-state index contributed by atoms with van der Waals surface area (Å²) in [4.78, 5) is 18.7. The lowest BCUT2D eigenvalue weighted by Crippen LogP contribution is -2.01. The third kappa shape index (κ3) is 9.92. The lowest BCUT2D eigenvalue weighted by Gasteiger charge is -2.13. The number of hydrogen-bond acceptors (Lipinski definition) is 5. The maximum atomic E-state index is 9.96. The molecular weight excluding hydrogens is 841 g/mol. The van der Waals surface area contributed by atoms with Gasteiger partial charge in [0.1, 0.15) is 5.58 Å². The second-order valence-corrected chi connectivity index (χ2v) is 18.3. The van der Waals surface area contributed by atoms with Crippen LogP contribution in [0.25, 0.3) is 55.8 Å². The molecule has 0 saturated heterocycles. The summed E-state index contributed by atoms with van der Waals surface area (Å²) in [7, 11) is 0. The Kier molecular flexibility index (Phi) is 9.22. The van der Waals surface area contributed by atoms with Gasteiger partial charge in [0.15, 0.2) is 0 Å². The molecule has 0 unspecified atom stereocenters. The van der Waals surface area contributed by atoms with E-state index < -0.39 is 43.5 Å². The summed E-state index contributed by atoms with van der Waals surface area (Å²) >= 11 is 0. The fourth-order valence-corrected chi connectivity index (χ4v) is 9.28. The van der Waals surface area contributed by atoms with Crippen molar-refractivity contribution in [1.29, 1.82) is 0 Å². The van der Waals surface area contributed by atoms with Gasteiger partial charge in [-0.1, -0.05) is 109 Å². The van der Waals surface area contributed by atoms with Crippen molar-refractivity contribution in [2.24, 2.45) is 0 Å². The van der Waals surface area contributed by atoms with Crippen LogP contribution in [-0.4, -0.2) is 19.9 Å². The van der Waals surface area contributed by atoms with Crippen LogP contribution in [0.5, 0.6) is 0 Å². The molecule has 0 spiro atoms. The van der Waals surface area contributed by atoms with E-state index in [1.165, 1.54) is 18.2 Å². The predicted molar refractivity (Wildman–Crippen MR) is 283 cm³/mol. The Labute approximate surface area is 421 Å². The molecule has 5 heteroatoms. The van der Waals surface area contributed by atoms with E-state index in [4.69, 9.17) is 13.5 Å². The van der Waals surface area contributed by atoms with Crippen LogP contribution in [0.4, 0.5) is 0 Å². The van der Waals surface area contributed by atoms with Crippen LogP contribution >= 0.6 is 0 Å². The van der Waals surface area contributed by atoms with Gasteiger partial charge in [-0.2, -0.15) is 0 Å². The summed E-state index contributed by atoms with van der Waals surface area (Å²) in [5, 5.41) is 0.622. The maximum absolute atomic E-state index is 9.96. The highest BCUT2D eigenvalue weighted by Gasteiger charge is 2.19. The molecule has 5 aliphatic heterocycles. The Morgan fingerprint density at radius 3 is 1.88 bits per heavy atom. The van der Waals surface area contributed by atoms with Crippen molar-refractivity contribution in [3.63, 3.8) is 0 Å². The fraction of sp³-hybridized carbons (Fsp3) is 0.219. The SMILES string of the molecule is [2H]C([2H])([2H])c1cc2ncc1C([2H])([2H])C([2H])([2H])c1cc(C)cc(c1)CCc1ccc(nc1)-c1ccc(cc1)CCc1cc(CCc3ccc(-c4ccc(C)cn4)cc3)cc(c1)C([2H])([2H])C([2H])([2H])c1ccc-2c2oc3nc(C)ccc3c12. The first-order valence-corrected chi connectivity index (χ1v) is 23.6. The van der Waals surface area contributed by atoms with Crippen molar-refractivity contribution in [2.75, 3.05) is 0 Å². The largest absolute Gasteiger partial charge is 0.437 e. The summed E-state index contributed by atoms with van der Waals surface area (Å²) < 4.78 is 110. The number of pyridine rings is 4. The summed E-state index contributed by atoms with van der Waals surface area (Å²) in [6.45, 7) is 2.66.